The average molecular weight is 300 g/mol. The maximum atomic E-state index is 12.0. The number of thiazole rings is 1. The second-order valence-electron chi connectivity index (χ2n) is 4.78. The van der Waals surface area contributed by atoms with E-state index in [1.54, 1.807) is 0 Å². The Bertz CT molecular complexity index is 751. The van der Waals surface area contributed by atoms with Crippen LogP contribution in [0.5, 0.6) is 0 Å². The minimum absolute atomic E-state index is 0.192. The van der Waals surface area contributed by atoms with Gasteiger partial charge in [-0.05, 0) is 11.1 Å². The van der Waals surface area contributed by atoms with Crippen LogP contribution in [0, 0.1) is 0 Å². The summed E-state index contributed by atoms with van der Waals surface area (Å²) < 4.78 is 10.3. The Morgan fingerprint density at radius 2 is 2.19 bits per heavy atom. The Morgan fingerprint density at radius 3 is 3.05 bits per heavy atom. The SMILES string of the molecule is O=C(Nc1nc2c(s1)-c1ccccc1C2)C1=COCCO1. The molecule has 1 N–H and O–H groups in total. The number of benzene rings is 1. The molecule has 4 rings (SSSR count). The molecule has 0 spiro atoms. The number of amides is 1. The van der Waals surface area contributed by atoms with Gasteiger partial charge in [0.25, 0.3) is 5.91 Å². The first-order valence-corrected chi connectivity index (χ1v) is 7.47. The Balaban J connectivity index is 1.57. The van der Waals surface area contributed by atoms with Gasteiger partial charge in [0, 0.05) is 6.42 Å². The lowest BCUT2D eigenvalue weighted by Gasteiger charge is -2.14. The van der Waals surface area contributed by atoms with E-state index in [-0.39, 0.29) is 11.7 Å². The third-order valence-corrected chi connectivity index (χ3v) is 4.46. The quantitative estimate of drug-likeness (QED) is 0.790. The molecule has 0 fully saturated rings. The predicted octanol–water partition coefficient (Wildman–Crippen LogP) is 2.54. The summed E-state index contributed by atoms with van der Waals surface area (Å²) in [6.07, 6.45) is 2.16. The molecule has 0 unspecified atom stereocenters. The standard InChI is InChI=1S/C15H12N2O3S/c18-14(12-8-19-5-6-20-12)17-15-16-11-7-9-3-1-2-4-10(9)13(11)21-15/h1-4,8H,5-7H2,(H,16,17,18). The molecule has 0 radical (unpaired) electrons. The van der Waals surface area contributed by atoms with Crippen molar-refractivity contribution in [1.29, 1.82) is 0 Å². The van der Waals surface area contributed by atoms with Crippen LogP contribution in [0.3, 0.4) is 0 Å². The molecule has 106 valence electrons. The van der Waals surface area contributed by atoms with E-state index in [4.69, 9.17) is 9.47 Å². The lowest BCUT2D eigenvalue weighted by molar-refractivity contribution is -0.117. The summed E-state index contributed by atoms with van der Waals surface area (Å²) in [6, 6.07) is 8.25. The summed E-state index contributed by atoms with van der Waals surface area (Å²) >= 11 is 1.49. The van der Waals surface area contributed by atoms with Crippen LogP contribution in [0.4, 0.5) is 5.13 Å². The number of fused-ring (bicyclic) bond motifs is 3. The van der Waals surface area contributed by atoms with Gasteiger partial charge >= 0.3 is 0 Å². The normalized spacial score (nSPS) is 15.3. The molecule has 5 nitrogen and oxygen atoms in total. The highest BCUT2D eigenvalue weighted by atomic mass is 32.1. The lowest BCUT2D eigenvalue weighted by Crippen LogP contribution is -2.21. The lowest BCUT2D eigenvalue weighted by atomic mass is 10.1. The molecule has 2 heterocycles. The van der Waals surface area contributed by atoms with Crippen molar-refractivity contribution in [2.24, 2.45) is 0 Å². The minimum atomic E-state index is -0.324. The zero-order valence-electron chi connectivity index (χ0n) is 11.1. The van der Waals surface area contributed by atoms with E-state index in [9.17, 15) is 4.79 Å². The number of nitrogens with one attached hydrogen (secondary N) is 1. The average Bonchev–Trinajstić information content (AvgIpc) is 3.05. The van der Waals surface area contributed by atoms with Crippen LogP contribution >= 0.6 is 11.3 Å². The summed E-state index contributed by atoms with van der Waals surface area (Å²) in [7, 11) is 0. The van der Waals surface area contributed by atoms with Crippen LogP contribution in [-0.2, 0) is 20.7 Å². The Labute approximate surface area is 125 Å². The molecule has 0 saturated carbocycles. The molecule has 2 aromatic rings. The van der Waals surface area contributed by atoms with Crippen LogP contribution in [0.1, 0.15) is 11.3 Å². The van der Waals surface area contributed by atoms with Crippen molar-refractivity contribution in [2.75, 3.05) is 18.5 Å². The van der Waals surface area contributed by atoms with E-state index in [1.165, 1.54) is 28.7 Å². The van der Waals surface area contributed by atoms with Crippen molar-refractivity contribution < 1.29 is 14.3 Å². The largest absolute Gasteiger partial charge is 0.494 e. The number of aromatic nitrogens is 1. The van der Waals surface area contributed by atoms with Crippen molar-refractivity contribution >= 4 is 22.4 Å². The van der Waals surface area contributed by atoms with Gasteiger partial charge < -0.3 is 9.47 Å². The van der Waals surface area contributed by atoms with Gasteiger partial charge in [0.1, 0.15) is 19.5 Å². The minimum Gasteiger partial charge on any atom is -0.494 e. The van der Waals surface area contributed by atoms with Crippen LogP contribution in [-0.4, -0.2) is 24.1 Å². The zero-order valence-corrected chi connectivity index (χ0v) is 11.9. The molecule has 0 saturated heterocycles. The first kappa shape index (κ1) is 12.4. The Hall–Kier alpha value is -2.34. The highest BCUT2D eigenvalue weighted by molar-refractivity contribution is 7.19. The summed E-state index contributed by atoms with van der Waals surface area (Å²) in [5.41, 5.74) is 3.52. The number of carbonyl (C=O) groups excluding carboxylic acids is 1. The monoisotopic (exact) mass is 300 g/mol. The van der Waals surface area contributed by atoms with Crippen molar-refractivity contribution in [1.82, 2.24) is 4.98 Å². The van der Waals surface area contributed by atoms with E-state index >= 15 is 0 Å². The van der Waals surface area contributed by atoms with Crippen molar-refractivity contribution in [3.8, 4) is 10.4 Å². The molecule has 1 aromatic heterocycles. The first-order chi connectivity index (χ1) is 10.3. The van der Waals surface area contributed by atoms with E-state index in [1.807, 2.05) is 12.1 Å². The summed E-state index contributed by atoms with van der Waals surface area (Å²) in [5, 5.41) is 3.36. The van der Waals surface area contributed by atoms with Gasteiger partial charge in [-0.3, -0.25) is 10.1 Å². The molecular formula is C15H12N2O3S. The van der Waals surface area contributed by atoms with E-state index in [0.717, 1.165) is 17.0 Å². The number of carbonyl (C=O) groups is 1. The molecule has 0 atom stereocenters. The van der Waals surface area contributed by atoms with Gasteiger partial charge in [-0.1, -0.05) is 35.6 Å². The van der Waals surface area contributed by atoms with Crippen LogP contribution in [0.2, 0.25) is 0 Å². The smallest absolute Gasteiger partial charge is 0.295 e. The predicted molar refractivity (Wildman–Crippen MR) is 79.0 cm³/mol. The number of nitrogens with zero attached hydrogens (tertiary/aromatic N) is 1. The molecule has 1 amide bonds. The van der Waals surface area contributed by atoms with Crippen molar-refractivity contribution in [3.63, 3.8) is 0 Å². The fourth-order valence-electron chi connectivity index (χ4n) is 2.46. The molecule has 1 aliphatic carbocycles. The summed E-state index contributed by atoms with van der Waals surface area (Å²) in [6.45, 7) is 0.861. The van der Waals surface area contributed by atoms with Crippen LogP contribution in [0.15, 0.2) is 36.3 Å². The van der Waals surface area contributed by atoms with Gasteiger partial charge in [0.15, 0.2) is 5.13 Å². The molecule has 1 aliphatic heterocycles. The number of hydrogen-bond donors (Lipinski definition) is 1. The molecule has 1 aromatic carbocycles. The van der Waals surface area contributed by atoms with Crippen molar-refractivity contribution in [3.05, 3.63) is 47.5 Å². The number of hydrogen-bond acceptors (Lipinski definition) is 5. The van der Waals surface area contributed by atoms with Gasteiger partial charge in [0.05, 0.1) is 10.6 Å². The summed E-state index contributed by atoms with van der Waals surface area (Å²) in [4.78, 5) is 17.7. The van der Waals surface area contributed by atoms with Crippen LogP contribution in [0.25, 0.3) is 10.4 Å². The maximum absolute atomic E-state index is 12.0. The van der Waals surface area contributed by atoms with Gasteiger partial charge in [-0.25, -0.2) is 4.98 Å². The van der Waals surface area contributed by atoms with Gasteiger partial charge in [-0.2, -0.15) is 0 Å². The Morgan fingerprint density at radius 1 is 1.29 bits per heavy atom. The molecular weight excluding hydrogens is 288 g/mol. The number of ether oxygens (including phenoxy) is 2. The Kier molecular flexibility index (Phi) is 2.89. The highest BCUT2D eigenvalue weighted by Crippen LogP contribution is 2.41. The maximum Gasteiger partial charge on any atom is 0.295 e. The molecule has 21 heavy (non-hydrogen) atoms. The molecule has 2 aliphatic rings. The molecule has 0 bridgehead atoms. The number of anilines is 1. The van der Waals surface area contributed by atoms with E-state index in [2.05, 4.69) is 22.4 Å². The highest BCUT2D eigenvalue weighted by Gasteiger charge is 2.24. The topological polar surface area (TPSA) is 60.5 Å². The third kappa shape index (κ3) is 2.17. The second-order valence-corrected chi connectivity index (χ2v) is 5.78. The summed E-state index contributed by atoms with van der Waals surface area (Å²) in [5.74, 6) is -0.132. The van der Waals surface area contributed by atoms with Crippen molar-refractivity contribution in [2.45, 2.75) is 6.42 Å². The van der Waals surface area contributed by atoms with E-state index in [0.29, 0.717) is 18.3 Å². The zero-order chi connectivity index (χ0) is 14.2. The fourth-order valence-corrected chi connectivity index (χ4v) is 3.50. The second kappa shape index (κ2) is 4.89. The van der Waals surface area contributed by atoms with Crippen LogP contribution < -0.4 is 5.32 Å². The first-order valence-electron chi connectivity index (χ1n) is 6.65. The van der Waals surface area contributed by atoms with Gasteiger partial charge in [0.2, 0.25) is 5.76 Å². The molecule has 6 heteroatoms. The third-order valence-electron chi connectivity index (χ3n) is 3.41. The van der Waals surface area contributed by atoms with E-state index < -0.39 is 0 Å². The van der Waals surface area contributed by atoms with Gasteiger partial charge in [-0.15, -0.1) is 0 Å². The number of rotatable bonds is 2. The fraction of sp³-hybridized carbons (Fsp3) is 0.200.